The van der Waals surface area contributed by atoms with Crippen LogP contribution in [-0.4, -0.2) is 33.6 Å². The van der Waals surface area contributed by atoms with Crippen LogP contribution >= 0.6 is 23.4 Å². The fourth-order valence-electron chi connectivity index (χ4n) is 2.68. The van der Waals surface area contributed by atoms with E-state index in [1.807, 2.05) is 32.0 Å². The van der Waals surface area contributed by atoms with Gasteiger partial charge in [-0.3, -0.25) is 0 Å². The van der Waals surface area contributed by atoms with E-state index in [9.17, 15) is 4.79 Å². The first-order valence-electron chi connectivity index (χ1n) is 7.46. The van der Waals surface area contributed by atoms with E-state index in [0.29, 0.717) is 27.4 Å². The lowest BCUT2D eigenvalue weighted by Gasteiger charge is -2.27. The molecule has 1 aliphatic heterocycles. The Balaban J connectivity index is 2.17. The zero-order chi connectivity index (χ0) is 17.3. The Morgan fingerprint density at radius 3 is 2.96 bits per heavy atom. The lowest BCUT2D eigenvalue weighted by molar-refractivity contribution is -0.136. The molecule has 0 bridgehead atoms. The highest BCUT2D eigenvalue weighted by Gasteiger charge is 2.34. The van der Waals surface area contributed by atoms with E-state index >= 15 is 0 Å². The minimum absolute atomic E-state index is 0.407. The van der Waals surface area contributed by atoms with Crippen LogP contribution in [-0.2, 0) is 9.53 Å². The van der Waals surface area contributed by atoms with E-state index in [4.69, 9.17) is 16.3 Å². The number of methoxy groups -OCH3 is 1. The highest BCUT2D eigenvalue weighted by molar-refractivity contribution is 7.99. The Kier molecular flexibility index (Phi) is 4.82. The lowest BCUT2D eigenvalue weighted by atomic mass is 9.96. The quantitative estimate of drug-likeness (QED) is 0.661. The van der Waals surface area contributed by atoms with Crippen molar-refractivity contribution in [3.8, 4) is 0 Å². The molecular weight excluding hydrogens is 348 g/mol. The molecule has 8 heteroatoms. The third-order valence-electron chi connectivity index (χ3n) is 3.68. The van der Waals surface area contributed by atoms with E-state index < -0.39 is 12.0 Å². The molecule has 126 valence electrons. The van der Waals surface area contributed by atoms with Crippen molar-refractivity contribution in [2.75, 3.05) is 18.2 Å². The number of nitrogens with zero attached hydrogens (tertiary/aromatic N) is 3. The number of esters is 1. The summed E-state index contributed by atoms with van der Waals surface area (Å²) in [6, 6.07) is 6.94. The number of thioether (sulfide) groups is 1. The maximum absolute atomic E-state index is 12.4. The van der Waals surface area contributed by atoms with Gasteiger partial charge >= 0.3 is 5.97 Å². The third kappa shape index (κ3) is 3.01. The summed E-state index contributed by atoms with van der Waals surface area (Å²) in [6.45, 7) is 3.87. The predicted octanol–water partition coefficient (Wildman–Crippen LogP) is 3.51. The van der Waals surface area contributed by atoms with Gasteiger partial charge in [0.05, 0.1) is 12.7 Å². The van der Waals surface area contributed by atoms with Gasteiger partial charge in [-0.25, -0.2) is 9.48 Å². The molecule has 6 nitrogen and oxygen atoms in total. The summed E-state index contributed by atoms with van der Waals surface area (Å²) < 4.78 is 6.69. The van der Waals surface area contributed by atoms with Gasteiger partial charge in [0.15, 0.2) is 0 Å². The Labute approximate surface area is 149 Å². The average Bonchev–Trinajstić information content (AvgIpc) is 2.95. The zero-order valence-electron chi connectivity index (χ0n) is 13.5. The molecule has 1 unspecified atom stereocenters. The molecule has 1 atom stereocenters. The van der Waals surface area contributed by atoms with Gasteiger partial charge in [-0.1, -0.05) is 42.4 Å². The number of rotatable bonds is 4. The van der Waals surface area contributed by atoms with Gasteiger partial charge in [-0.05, 0) is 30.4 Å². The standard InChI is InChI=1S/C16H17ClN4O2S/c1-4-24-16-19-15-18-9(2)12(14(22)23-3)13(21(15)20-16)10-6-5-7-11(17)8-10/h5-8,13H,4H2,1-3H3,(H,18,19,20). The van der Waals surface area contributed by atoms with Crippen molar-refractivity contribution >= 4 is 35.3 Å². The van der Waals surface area contributed by atoms with E-state index in [0.717, 1.165) is 11.3 Å². The third-order valence-corrected chi connectivity index (χ3v) is 4.63. The largest absolute Gasteiger partial charge is 0.466 e. The van der Waals surface area contributed by atoms with Crippen LogP contribution in [0.5, 0.6) is 0 Å². The van der Waals surface area contributed by atoms with Crippen LogP contribution in [0.2, 0.25) is 5.02 Å². The molecule has 2 aromatic rings. The second-order valence-electron chi connectivity index (χ2n) is 5.21. The van der Waals surface area contributed by atoms with Crippen molar-refractivity contribution in [3.05, 3.63) is 46.1 Å². The lowest BCUT2D eigenvalue weighted by Crippen LogP contribution is -2.29. The van der Waals surface area contributed by atoms with Crippen LogP contribution in [0.1, 0.15) is 25.5 Å². The van der Waals surface area contributed by atoms with E-state index in [1.54, 1.807) is 22.5 Å². The summed E-state index contributed by atoms with van der Waals surface area (Å²) in [4.78, 5) is 16.9. The minimum atomic E-state index is -0.439. The first kappa shape index (κ1) is 16.9. The fraction of sp³-hybridized carbons (Fsp3) is 0.312. The molecule has 3 rings (SSSR count). The molecule has 0 saturated carbocycles. The average molecular weight is 365 g/mol. The molecule has 1 aromatic carbocycles. The fourth-order valence-corrected chi connectivity index (χ4v) is 3.43. The van der Waals surface area contributed by atoms with Gasteiger partial charge < -0.3 is 10.1 Å². The SMILES string of the molecule is CCSc1nc2n(n1)C(c1cccc(Cl)c1)C(C(=O)OC)=C(C)N2. The van der Waals surface area contributed by atoms with Crippen molar-refractivity contribution < 1.29 is 9.53 Å². The molecule has 1 N–H and O–H groups in total. The summed E-state index contributed by atoms with van der Waals surface area (Å²) in [5, 5.41) is 8.94. The predicted molar refractivity (Wildman–Crippen MR) is 94.3 cm³/mol. The van der Waals surface area contributed by atoms with Crippen molar-refractivity contribution in [3.63, 3.8) is 0 Å². The molecule has 24 heavy (non-hydrogen) atoms. The van der Waals surface area contributed by atoms with Crippen molar-refractivity contribution in [1.29, 1.82) is 0 Å². The van der Waals surface area contributed by atoms with Crippen LogP contribution in [0.15, 0.2) is 40.7 Å². The Morgan fingerprint density at radius 2 is 2.29 bits per heavy atom. The molecule has 0 radical (unpaired) electrons. The molecule has 0 amide bonds. The molecule has 0 aliphatic carbocycles. The van der Waals surface area contributed by atoms with Gasteiger partial charge in [0.2, 0.25) is 11.1 Å². The highest BCUT2D eigenvalue weighted by atomic mass is 35.5. The second kappa shape index (κ2) is 6.86. The van der Waals surface area contributed by atoms with E-state index in [-0.39, 0.29) is 0 Å². The first-order chi connectivity index (χ1) is 11.5. The number of hydrogen-bond acceptors (Lipinski definition) is 6. The number of halogens is 1. The van der Waals surface area contributed by atoms with Crippen molar-refractivity contribution in [2.24, 2.45) is 0 Å². The maximum atomic E-state index is 12.4. The van der Waals surface area contributed by atoms with Crippen LogP contribution in [0.25, 0.3) is 0 Å². The number of nitrogens with one attached hydrogen (secondary N) is 1. The number of benzene rings is 1. The number of anilines is 1. The van der Waals surface area contributed by atoms with Crippen LogP contribution in [0.3, 0.4) is 0 Å². The number of fused-ring (bicyclic) bond motifs is 1. The summed E-state index contributed by atoms with van der Waals surface area (Å²) in [5.74, 6) is 1.05. The molecule has 1 aliphatic rings. The van der Waals surface area contributed by atoms with Gasteiger partial charge in [-0.15, -0.1) is 5.10 Å². The van der Waals surface area contributed by atoms with Gasteiger partial charge in [-0.2, -0.15) is 4.98 Å². The van der Waals surface area contributed by atoms with Crippen LogP contribution in [0.4, 0.5) is 5.95 Å². The summed E-state index contributed by atoms with van der Waals surface area (Å²) in [5.41, 5.74) is 2.04. The first-order valence-corrected chi connectivity index (χ1v) is 8.82. The number of carbonyl (C=O) groups is 1. The van der Waals surface area contributed by atoms with Crippen molar-refractivity contribution in [2.45, 2.75) is 25.0 Å². The number of aromatic nitrogens is 3. The van der Waals surface area contributed by atoms with E-state index in [1.165, 1.54) is 7.11 Å². The molecule has 1 aromatic heterocycles. The topological polar surface area (TPSA) is 69.0 Å². The normalized spacial score (nSPS) is 16.6. The Bertz CT molecular complexity index is 818. The van der Waals surface area contributed by atoms with Gasteiger partial charge in [0.1, 0.15) is 6.04 Å². The molecular formula is C16H17ClN4O2S. The maximum Gasteiger partial charge on any atom is 0.338 e. The number of carbonyl (C=O) groups excluding carboxylic acids is 1. The number of allylic oxidation sites excluding steroid dienone is 1. The Hall–Kier alpha value is -1.99. The minimum Gasteiger partial charge on any atom is -0.466 e. The Morgan fingerprint density at radius 1 is 1.50 bits per heavy atom. The molecule has 2 heterocycles. The summed E-state index contributed by atoms with van der Waals surface area (Å²) >= 11 is 7.69. The second-order valence-corrected chi connectivity index (χ2v) is 6.88. The molecule has 0 spiro atoms. The van der Waals surface area contributed by atoms with Gasteiger partial charge in [0.25, 0.3) is 0 Å². The van der Waals surface area contributed by atoms with Crippen LogP contribution < -0.4 is 5.32 Å². The number of ether oxygens (including phenoxy) is 1. The molecule has 0 saturated heterocycles. The monoisotopic (exact) mass is 364 g/mol. The van der Waals surface area contributed by atoms with E-state index in [2.05, 4.69) is 15.4 Å². The smallest absolute Gasteiger partial charge is 0.338 e. The van der Waals surface area contributed by atoms with Crippen LogP contribution in [0, 0.1) is 0 Å². The zero-order valence-corrected chi connectivity index (χ0v) is 15.1. The summed E-state index contributed by atoms with van der Waals surface area (Å²) in [7, 11) is 1.37. The van der Waals surface area contributed by atoms with Gasteiger partial charge in [0, 0.05) is 10.7 Å². The number of hydrogen-bond donors (Lipinski definition) is 1. The highest BCUT2D eigenvalue weighted by Crippen LogP contribution is 2.37. The van der Waals surface area contributed by atoms with Crippen molar-refractivity contribution in [1.82, 2.24) is 14.8 Å². The summed E-state index contributed by atoms with van der Waals surface area (Å²) in [6.07, 6.45) is 0. The molecule has 0 fully saturated rings.